The van der Waals surface area contributed by atoms with Gasteiger partial charge in [0.15, 0.2) is 0 Å². The molecule has 0 amide bonds. The summed E-state index contributed by atoms with van der Waals surface area (Å²) in [6.45, 7) is 7.09. The summed E-state index contributed by atoms with van der Waals surface area (Å²) in [6.07, 6.45) is 0.577. The van der Waals surface area contributed by atoms with E-state index in [1.54, 1.807) is 6.07 Å². The van der Waals surface area contributed by atoms with Crippen molar-refractivity contribution < 1.29 is 9.47 Å². The fourth-order valence-electron chi connectivity index (χ4n) is 1.84. The van der Waals surface area contributed by atoms with Gasteiger partial charge in [-0.15, -0.1) is 0 Å². The molecular weight excluding hydrogens is 288 g/mol. The van der Waals surface area contributed by atoms with Gasteiger partial charge in [-0.1, -0.05) is 17.7 Å². The Morgan fingerprint density at radius 1 is 1.05 bits per heavy atom. The Hall–Kier alpha value is -1.81. The zero-order valence-corrected chi connectivity index (χ0v) is 13.3. The molecule has 0 aliphatic rings. The van der Waals surface area contributed by atoms with Crippen LogP contribution in [0.5, 0.6) is 11.6 Å². The van der Waals surface area contributed by atoms with Crippen molar-refractivity contribution in [3.63, 3.8) is 0 Å². The quantitative estimate of drug-likeness (QED) is 0.762. The Labute approximate surface area is 130 Å². The molecule has 0 fully saturated rings. The van der Waals surface area contributed by atoms with Crippen molar-refractivity contribution in [2.45, 2.75) is 27.2 Å². The van der Waals surface area contributed by atoms with Crippen molar-refractivity contribution in [1.82, 2.24) is 9.97 Å². The van der Waals surface area contributed by atoms with Gasteiger partial charge in [-0.2, -0.15) is 4.98 Å². The predicted octanol–water partition coefficient (Wildman–Crippen LogP) is 3.77. The molecule has 0 N–H and O–H groups in total. The maximum absolute atomic E-state index is 5.95. The van der Waals surface area contributed by atoms with Crippen LogP contribution in [0, 0.1) is 13.8 Å². The maximum atomic E-state index is 5.95. The summed E-state index contributed by atoms with van der Waals surface area (Å²) in [4.78, 5) is 8.46. The van der Waals surface area contributed by atoms with E-state index in [9.17, 15) is 0 Å². The Morgan fingerprint density at radius 2 is 1.86 bits per heavy atom. The van der Waals surface area contributed by atoms with Crippen LogP contribution in [0.1, 0.15) is 23.9 Å². The minimum absolute atomic E-state index is 0.384. The monoisotopic (exact) mass is 306 g/mol. The molecule has 1 heterocycles. The van der Waals surface area contributed by atoms with Gasteiger partial charge < -0.3 is 9.47 Å². The molecule has 21 heavy (non-hydrogen) atoms. The van der Waals surface area contributed by atoms with Gasteiger partial charge in [0.25, 0.3) is 0 Å². The number of benzene rings is 1. The molecule has 0 aliphatic heterocycles. The molecule has 2 aromatic rings. The van der Waals surface area contributed by atoms with Gasteiger partial charge in [0, 0.05) is 12.5 Å². The van der Waals surface area contributed by atoms with Crippen LogP contribution in [-0.4, -0.2) is 23.2 Å². The number of hydrogen-bond acceptors (Lipinski definition) is 4. The second-order valence-corrected chi connectivity index (χ2v) is 5.11. The van der Waals surface area contributed by atoms with Gasteiger partial charge in [-0.05, 0) is 44.0 Å². The summed E-state index contributed by atoms with van der Waals surface area (Å²) in [5, 5.41) is 0.384. The van der Waals surface area contributed by atoms with E-state index in [0.29, 0.717) is 36.5 Å². The number of halogens is 1. The Morgan fingerprint density at radius 3 is 2.57 bits per heavy atom. The molecule has 0 atom stereocenters. The van der Waals surface area contributed by atoms with Gasteiger partial charge in [0.05, 0.1) is 13.2 Å². The van der Waals surface area contributed by atoms with Crippen LogP contribution in [-0.2, 0) is 6.42 Å². The molecule has 112 valence electrons. The first-order valence-electron chi connectivity index (χ1n) is 6.95. The van der Waals surface area contributed by atoms with Crippen LogP contribution in [0.4, 0.5) is 0 Å². The van der Waals surface area contributed by atoms with Gasteiger partial charge in [0.1, 0.15) is 16.7 Å². The summed E-state index contributed by atoms with van der Waals surface area (Å²) in [5.74, 6) is 1.97. The molecule has 1 aromatic heterocycles. The van der Waals surface area contributed by atoms with Crippen LogP contribution in [0.25, 0.3) is 0 Å². The topological polar surface area (TPSA) is 44.2 Å². The Bertz CT molecular complexity index is 617. The average Bonchev–Trinajstić information content (AvgIpc) is 2.42. The number of hydrogen-bond donors (Lipinski definition) is 0. The summed E-state index contributed by atoms with van der Waals surface area (Å²) in [5.41, 5.74) is 2.46. The van der Waals surface area contributed by atoms with E-state index in [0.717, 1.165) is 5.75 Å². The van der Waals surface area contributed by atoms with Crippen LogP contribution in [0.3, 0.4) is 0 Å². The third-order valence-corrected chi connectivity index (χ3v) is 3.28. The van der Waals surface area contributed by atoms with E-state index in [-0.39, 0.29) is 0 Å². The fraction of sp³-hybridized carbons (Fsp3) is 0.375. The highest BCUT2D eigenvalue weighted by atomic mass is 35.5. The second kappa shape index (κ2) is 7.27. The molecule has 0 saturated heterocycles. The van der Waals surface area contributed by atoms with E-state index in [1.165, 1.54) is 11.1 Å². The largest absolute Gasteiger partial charge is 0.493 e. The highest BCUT2D eigenvalue weighted by Gasteiger charge is 2.05. The van der Waals surface area contributed by atoms with Gasteiger partial charge in [0.2, 0.25) is 5.88 Å². The zero-order valence-electron chi connectivity index (χ0n) is 12.5. The third kappa shape index (κ3) is 4.60. The molecule has 4 nitrogen and oxygen atoms in total. The lowest BCUT2D eigenvalue weighted by Gasteiger charge is -2.09. The molecular formula is C16H19ClN2O2. The first-order chi connectivity index (χ1) is 10.1. The highest BCUT2D eigenvalue weighted by Crippen LogP contribution is 2.17. The summed E-state index contributed by atoms with van der Waals surface area (Å²) >= 11 is 5.95. The molecule has 0 saturated carbocycles. The number of aromatic nitrogens is 2. The molecule has 0 radical (unpaired) electrons. The number of ether oxygens (including phenoxy) is 2. The summed E-state index contributed by atoms with van der Waals surface area (Å²) < 4.78 is 11.1. The zero-order chi connectivity index (χ0) is 15.2. The predicted molar refractivity (Wildman–Crippen MR) is 83.3 cm³/mol. The van der Waals surface area contributed by atoms with E-state index < -0.39 is 0 Å². The van der Waals surface area contributed by atoms with Gasteiger partial charge in [-0.25, -0.2) is 4.98 Å². The van der Waals surface area contributed by atoms with Crippen molar-refractivity contribution in [2.24, 2.45) is 0 Å². The van der Waals surface area contributed by atoms with E-state index in [1.807, 2.05) is 25.1 Å². The number of rotatable bonds is 6. The first-order valence-corrected chi connectivity index (χ1v) is 7.32. The minimum Gasteiger partial charge on any atom is -0.493 e. The fourth-order valence-corrected chi connectivity index (χ4v) is 2.03. The van der Waals surface area contributed by atoms with Crippen LogP contribution < -0.4 is 9.47 Å². The standard InChI is InChI=1S/C16H19ClN2O2/c1-4-20-16-10-14(17)18-15(19-16)7-8-21-13-6-5-11(2)12(3)9-13/h5-6,9-10H,4,7-8H2,1-3H3. The Kier molecular flexibility index (Phi) is 5.39. The van der Waals surface area contributed by atoms with E-state index >= 15 is 0 Å². The van der Waals surface area contributed by atoms with Crippen molar-refractivity contribution in [1.29, 1.82) is 0 Å². The smallest absolute Gasteiger partial charge is 0.218 e. The van der Waals surface area contributed by atoms with Crippen molar-refractivity contribution in [2.75, 3.05) is 13.2 Å². The minimum atomic E-state index is 0.384. The van der Waals surface area contributed by atoms with Crippen molar-refractivity contribution >= 4 is 11.6 Å². The third-order valence-electron chi connectivity index (χ3n) is 3.08. The van der Waals surface area contributed by atoms with E-state index in [2.05, 4.69) is 23.8 Å². The lowest BCUT2D eigenvalue weighted by Crippen LogP contribution is -2.07. The summed E-state index contributed by atoms with van der Waals surface area (Å²) in [6, 6.07) is 7.65. The maximum Gasteiger partial charge on any atom is 0.218 e. The van der Waals surface area contributed by atoms with Crippen LogP contribution in [0.15, 0.2) is 24.3 Å². The molecule has 0 bridgehead atoms. The Balaban J connectivity index is 1.95. The van der Waals surface area contributed by atoms with E-state index in [4.69, 9.17) is 21.1 Å². The number of nitrogens with zero attached hydrogens (tertiary/aromatic N) is 2. The van der Waals surface area contributed by atoms with Crippen molar-refractivity contribution in [3.8, 4) is 11.6 Å². The highest BCUT2D eigenvalue weighted by molar-refractivity contribution is 6.29. The summed E-state index contributed by atoms with van der Waals surface area (Å²) in [7, 11) is 0. The molecule has 0 aliphatic carbocycles. The first kappa shape index (κ1) is 15.6. The SMILES string of the molecule is CCOc1cc(Cl)nc(CCOc2ccc(C)c(C)c2)n1. The lowest BCUT2D eigenvalue weighted by molar-refractivity contribution is 0.311. The van der Waals surface area contributed by atoms with Crippen LogP contribution in [0.2, 0.25) is 5.15 Å². The molecule has 1 aromatic carbocycles. The van der Waals surface area contributed by atoms with Gasteiger partial charge in [-0.3, -0.25) is 0 Å². The average molecular weight is 307 g/mol. The lowest BCUT2D eigenvalue weighted by atomic mass is 10.1. The second-order valence-electron chi connectivity index (χ2n) is 4.72. The molecule has 5 heteroatoms. The molecule has 0 unspecified atom stereocenters. The number of aryl methyl sites for hydroxylation is 2. The van der Waals surface area contributed by atoms with Crippen LogP contribution >= 0.6 is 11.6 Å². The van der Waals surface area contributed by atoms with Gasteiger partial charge >= 0.3 is 0 Å². The normalized spacial score (nSPS) is 10.5. The molecule has 2 rings (SSSR count). The van der Waals surface area contributed by atoms with Crippen molar-refractivity contribution in [3.05, 3.63) is 46.4 Å². The molecule has 0 spiro atoms.